The molecule has 0 saturated heterocycles. The molecule has 2 nitrogen and oxygen atoms in total. The van der Waals surface area contributed by atoms with Crippen LogP contribution < -0.4 is 10.2 Å². The first-order valence-electron chi connectivity index (χ1n) is 6.95. The molecule has 1 N–H and O–H groups in total. The monoisotopic (exact) mass is 292 g/mol. The van der Waals surface area contributed by atoms with Gasteiger partial charge in [0.15, 0.2) is 0 Å². The van der Waals surface area contributed by atoms with E-state index in [4.69, 9.17) is 0 Å². The summed E-state index contributed by atoms with van der Waals surface area (Å²) >= 11 is 1.79. The quantitative estimate of drug-likeness (QED) is 0.781. The van der Waals surface area contributed by atoms with E-state index in [-0.39, 0.29) is 5.82 Å². The molecule has 0 atom stereocenters. The van der Waals surface area contributed by atoms with Gasteiger partial charge in [-0.2, -0.15) is 0 Å². The normalized spacial score (nSPS) is 10.8. The van der Waals surface area contributed by atoms with Crippen molar-refractivity contribution in [2.24, 2.45) is 0 Å². The van der Waals surface area contributed by atoms with E-state index in [1.165, 1.54) is 16.5 Å². The van der Waals surface area contributed by atoms with Crippen molar-refractivity contribution < 1.29 is 4.39 Å². The Morgan fingerprint density at radius 3 is 2.80 bits per heavy atom. The van der Waals surface area contributed by atoms with Gasteiger partial charge in [0.2, 0.25) is 0 Å². The summed E-state index contributed by atoms with van der Waals surface area (Å²) in [5, 5.41) is 5.58. The molecule has 0 fully saturated rings. The lowest BCUT2D eigenvalue weighted by Crippen LogP contribution is -2.31. The Morgan fingerprint density at radius 2 is 2.15 bits per heavy atom. The molecular weight excluding hydrogens is 271 g/mol. The number of nitrogens with zero attached hydrogens (tertiary/aromatic N) is 1. The molecule has 0 aliphatic carbocycles. The van der Waals surface area contributed by atoms with Crippen molar-refractivity contribution in [2.45, 2.75) is 20.4 Å². The predicted molar refractivity (Wildman–Crippen MR) is 85.0 cm³/mol. The van der Waals surface area contributed by atoms with Gasteiger partial charge in [0.1, 0.15) is 5.82 Å². The number of thiophene rings is 1. The molecule has 4 heteroatoms. The molecule has 0 aliphatic rings. The van der Waals surface area contributed by atoms with Gasteiger partial charge in [-0.3, -0.25) is 0 Å². The number of halogens is 1. The Hall–Kier alpha value is -1.39. The second-order valence-electron chi connectivity index (χ2n) is 4.76. The molecule has 0 radical (unpaired) electrons. The van der Waals surface area contributed by atoms with Crippen LogP contribution >= 0.6 is 11.3 Å². The highest BCUT2D eigenvalue weighted by Crippen LogP contribution is 2.16. The number of hydrogen-bond acceptors (Lipinski definition) is 3. The lowest BCUT2D eigenvalue weighted by molar-refractivity contribution is 0.624. The summed E-state index contributed by atoms with van der Waals surface area (Å²) in [6, 6.07) is 8.93. The fourth-order valence-electron chi connectivity index (χ4n) is 2.14. The van der Waals surface area contributed by atoms with Crippen LogP contribution in [0.5, 0.6) is 0 Å². The van der Waals surface area contributed by atoms with Crippen molar-refractivity contribution in [3.63, 3.8) is 0 Å². The molecule has 0 unspecified atom stereocenters. The summed E-state index contributed by atoms with van der Waals surface area (Å²) in [7, 11) is 0. The first-order chi connectivity index (χ1) is 9.70. The van der Waals surface area contributed by atoms with E-state index in [1.807, 2.05) is 6.07 Å². The molecule has 0 aliphatic heterocycles. The van der Waals surface area contributed by atoms with Crippen molar-refractivity contribution in [3.8, 4) is 0 Å². The van der Waals surface area contributed by atoms with Crippen LogP contribution in [0.15, 0.2) is 35.7 Å². The summed E-state index contributed by atoms with van der Waals surface area (Å²) in [6.45, 7) is 7.78. The van der Waals surface area contributed by atoms with E-state index in [1.54, 1.807) is 23.5 Å². The van der Waals surface area contributed by atoms with Gasteiger partial charge in [-0.05, 0) is 49.1 Å². The zero-order chi connectivity index (χ0) is 14.4. The van der Waals surface area contributed by atoms with Crippen LogP contribution in [0.4, 0.5) is 10.1 Å². The number of likely N-dealkylation sites (N-methyl/N-ethyl adjacent to an activating group) is 1. The third-order valence-electron chi connectivity index (χ3n) is 3.37. The highest BCUT2D eigenvalue weighted by atomic mass is 32.1. The van der Waals surface area contributed by atoms with E-state index in [0.29, 0.717) is 0 Å². The number of aryl methyl sites for hydroxylation is 1. The fourth-order valence-corrected chi connectivity index (χ4v) is 3.02. The minimum atomic E-state index is -0.178. The third kappa shape index (κ3) is 4.05. The molecule has 2 aromatic rings. The summed E-state index contributed by atoms with van der Waals surface area (Å²) < 4.78 is 13.2. The number of anilines is 1. The molecular formula is C16H21FN2S. The van der Waals surface area contributed by atoms with Crippen LogP contribution in [-0.4, -0.2) is 19.6 Å². The molecule has 0 bridgehead atoms. The molecule has 0 spiro atoms. The highest BCUT2D eigenvalue weighted by molar-refractivity contribution is 7.10. The van der Waals surface area contributed by atoms with Gasteiger partial charge in [-0.15, -0.1) is 11.3 Å². The van der Waals surface area contributed by atoms with Gasteiger partial charge in [0, 0.05) is 36.7 Å². The Labute approximate surface area is 124 Å². The van der Waals surface area contributed by atoms with Crippen LogP contribution in [0.3, 0.4) is 0 Å². The van der Waals surface area contributed by atoms with Crippen molar-refractivity contribution >= 4 is 17.0 Å². The molecule has 2 rings (SSSR count). The first kappa shape index (κ1) is 15.0. The maximum Gasteiger partial charge on any atom is 0.125 e. The van der Waals surface area contributed by atoms with E-state index in [2.05, 4.69) is 35.5 Å². The molecule has 1 aromatic carbocycles. The predicted octanol–water partition coefficient (Wildman–Crippen LogP) is 3.81. The van der Waals surface area contributed by atoms with Crippen LogP contribution in [0, 0.1) is 12.7 Å². The van der Waals surface area contributed by atoms with E-state index in [9.17, 15) is 4.39 Å². The van der Waals surface area contributed by atoms with E-state index >= 15 is 0 Å². The number of hydrogen-bond donors (Lipinski definition) is 1. The van der Waals surface area contributed by atoms with Gasteiger partial charge in [0.05, 0.1) is 0 Å². The lowest BCUT2D eigenvalue weighted by Gasteiger charge is -2.23. The second kappa shape index (κ2) is 7.41. The first-order valence-corrected chi connectivity index (χ1v) is 7.83. The van der Waals surface area contributed by atoms with Crippen molar-refractivity contribution in [1.82, 2.24) is 5.32 Å². The molecule has 1 aromatic heterocycles. The minimum absolute atomic E-state index is 0.178. The molecule has 20 heavy (non-hydrogen) atoms. The number of nitrogens with one attached hydrogen (secondary N) is 1. The average molecular weight is 292 g/mol. The van der Waals surface area contributed by atoms with Crippen LogP contribution in [-0.2, 0) is 6.54 Å². The largest absolute Gasteiger partial charge is 0.370 e. The van der Waals surface area contributed by atoms with E-state index in [0.717, 1.165) is 31.9 Å². The maximum atomic E-state index is 13.2. The zero-order valence-electron chi connectivity index (χ0n) is 12.0. The Bertz CT molecular complexity index is 539. The van der Waals surface area contributed by atoms with Gasteiger partial charge >= 0.3 is 0 Å². The summed E-state index contributed by atoms with van der Waals surface area (Å²) in [5.74, 6) is -0.178. The molecule has 0 saturated carbocycles. The summed E-state index contributed by atoms with van der Waals surface area (Å²) in [5.41, 5.74) is 2.29. The Kier molecular flexibility index (Phi) is 5.56. The van der Waals surface area contributed by atoms with Crippen molar-refractivity contribution in [3.05, 3.63) is 52.0 Å². The third-order valence-corrected chi connectivity index (χ3v) is 4.39. The second-order valence-corrected chi connectivity index (χ2v) is 5.76. The minimum Gasteiger partial charge on any atom is -0.370 e. The van der Waals surface area contributed by atoms with Crippen LogP contribution in [0.25, 0.3) is 0 Å². The average Bonchev–Trinajstić information content (AvgIpc) is 2.84. The maximum absolute atomic E-state index is 13.2. The van der Waals surface area contributed by atoms with Crippen molar-refractivity contribution in [2.75, 3.05) is 24.5 Å². The van der Waals surface area contributed by atoms with E-state index < -0.39 is 0 Å². The zero-order valence-corrected chi connectivity index (χ0v) is 12.8. The highest BCUT2D eigenvalue weighted by Gasteiger charge is 2.05. The Balaban J connectivity index is 1.81. The van der Waals surface area contributed by atoms with Gasteiger partial charge in [-0.1, -0.05) is 6.07 Å². The lowest BCUT2D eigenvalue weighted by atomic mass is 10.2. The van der Waals surface area contributed by atoms with Crippen molar-refractivity contribution in [1.29, 1.82) is 0 Å². The SMILES string of the molecule is CCN(CCNCc1sccc1C)c1cccc(F)c1. The molecule has 108 valence electrons. The molecule has 1 heterocycles. The fraction of sp³-hybridized carbons (Fsp3) is 0.375. The van der Waals surface area contributed by atoms with Gasteiger partial charge < -0.3 is 10.2 Å². The number of benzene rings is 1. The van der Waals surface area contributed by atoms with Crippen LogP contribution in [0.1, 0.15) is 17.4 Å². The van der Waals surface area contributed by atoms with Crippen LogP contribution in [0.2, 0.25) is 0 Å². The summed E-state index contributed by atoms with van der Waals surface area (Å²) in [6.07, 6.45) is 0. The number of rotatable bonds is 7. The van der Waals surface area contributed by atoms with Gasteiger partial charge in [-0.25, -0.2) is 4.39 Å². The smallest absolute Gasteiger partial charge is 0.125 e. The standard InChI is InChI=1S/C16H21FN2S/c1-3-19(15-6-4-5-14(17)11-15)9-8-18-12-16-13(2)7-10-20-16/h4-7,10-11,18H,3,8-9,12H2,1-2H3. The Morgan fingerprint density at radius 1 is 1.30 bits per heavy atom. The topological polar surface area (TPSA) is 15.3 Å². The molecule has 0 amide bonds. The summed E-state index contributed by atoms with van der Waals surface area (Å²) in [4.78, 5) is 3.57. The van der Waals surface area contributed by atoms with Gasteiger partial charge in [0.25, 0.3) is 0 Å².